The second-order valence-corrected chi connectivity index (χ2v) is 2.90. The van der Waals surface area contributed by atoms with Crippen molar-refractivity contribution in [2.45, 2.75) is 45.6 Å². The van der Waals surface area contributed by atoms with Crippen LogP contribution in [0.3, 0.4) is 0 Å². The topological polar surface area (TPSA) is 12.0 Å². The number of hydrogen-bond donors (Lipinski definition) is 1. The predicted molar refractivity (Wildman–Crippen MR) is 43.0 cm³/mol. The van der Waals surface area contributed by atoms with E-state index in [0.29, 0.717) is 0 Å². The van der Waals surface area contributed by atoms with Crippen molar-refractivity contribution in [3.8, 4) is 0 Å². The normalized spacial score (nSPS) is 15.0. The van der Waals surface area contributed by atoms with Crippen molar-refractivity contribution in [3.63, 3.8) is 0 Å². The molecule has 0 aromatic carbocycles. The van der Waals surface area contributed by atoms with Gasteiger partial charge < -0.3 is 5.32 Å². The van der Waals surface area contributed by atoms with Gasteiger partial charge in [-0.25, -0.2) is 8.78 Å². The lowest BCUT2D eigenvalue weighted by Crippen LogP contribution is -2.37. The van der Waals surface area contributed by atoms with Crippen LogP contribution >= 0.6 is 0 Å². The Balaban J connectivity index is 3.52. The highest BCUT2D eigenvalue weighted by atomic mass is 19.3. The van der Waals surface area contributed by atoms with Crippen molar-refractivity contribution in [2.24, 2.45) is 0 Å². The second kappa shape index (κ2) is 4.65. The van der Waals surface area contributed by atoms with Crippen LogP contribution in [-0.4, -0.2) is 18.5 Å². The molecule has 0 aliphatic rings. The van der Waals surface area contributed by atoms with Gasteiger partial charge in [0, 0.05) is 12.5 Å². The smallest absolute Gasteiger partial charge is 0.260 e. The first-order valence-corrected chi connectivity index (χ1v) is 4.13. The van der Waals surface area contributed by atoms with Gasteiger partial charge in [0.25, 0.3) is 5.92 Å². The van der Waals surface area contributed by atoms with Gasteiger partial charge in [-0.1, -0.05) is 13.8 Å². The van der Waals surface area contributed by atoms with E-state index in [-0.39, 0.29) is 19.0 Å². The SMILES string of the molecule is CCC(C)NCC(F)(F)CC. The summed E-state index contributed by atoms with van der Waals surface area (Å²) in [6, 6.07) is 0.187. The Morgan fingerprint density at radius 3 is 2.27 bits per heavy atom. The highest BCUT2D eigenvalue weighted by molar-refractivity contribution is 4.69. The minimum Gasteiger partial charge on any atom is -0.309 e. The maximum absolute atomic E-state index is 12.6. The Bertz CT molecular complexity index is 104. The van der Waals surface area contributed by atoms with E-state index in [1.54, 1.807) is 0 Å². The zero-order valence-electron chi connectivity index (χ0n) is 7.45. The van der Waals surface area contributed by atoms with Crippen LogP contribution in [0.15, 0.2) is 0 Å². The zero-order chi connectivity index (χ0) is 8.91. The highest BCUT2D eigenvalue weighted by Gasteiger charge is 2.25. The summed E-state index contributed by atoms with van der Waals surface area (Å²) in [6.45, 7) is 5.18. The summed E-state index contributed by atoms with van der Waals surface area (Å²) in [5, 5.41) is 2.77. The number of nitrogens with one attached hydrogen (secondary N) is 1. The van der Waals surface area contributed by atoms with Gasteiger partial charge in [-0.05, 0) is 13.3 Å². The average Bonchev–Trinajstić information content (AvgIpc) is 2.00. The van der Waals surface area contributed by atoms with Crippen molar-refractivity contribution in [2.75, 3.05) is 6.54 Å². The molecule has 3 heteroatoms. The predicted octanol–water partition coefficient (Wildman–Crippen LogP) is 2.42. The molecule has 0 aromatic rings. The van der Waals surface area contributed by atoms with Gasteiger partial charge in [-0.15, -0.1) is 0 Å². The molecule has 0 aliphatic heterocycles. The molecule has 0 heterocycles. The van der Waals surface area contributed by atoms with E-state index in [0.717, 1.165) is 6.42 Å². The van der Waals surface area contributed by atoms with E-state index in [4.69, 9.17) is 0 Å². The molecular formula is C8H17F2N. The summed E-state index contributed by atoms with van der Waals surface area (Å²) < 4.78 is 25.2. The molecule has 0 rings (SSSR count). The molecule has 0 saturated heterocycles. The van der Waals surface area contributed by atoms with Crippen molar-refractivity contribution in [1.29, 1.82) is 0 Å². The largest absolute Gasteiger partial charge is 0.309 e. The molecule has 1 N–H and O–H groups in total. The minimum atomic E-state index is -2.54. The van der Waals surface area contributed by atoms with Crippen LogP contribution in [-0.2, 0) is 0 Å². The molecule has 1 atom stereocenters. The van der Waals surface area contributed by atoms with E-state index in [9.17, 15) is 8.78 Å². The molecule has 0 amide bonds. The third kappa shape index (κ3) is 5.13. The molecule has 68 valence electrons. The first kappa shape index (κ1) is 10.8. The molecule has 0 spiro atoms. The van der Waals surface area contributed by atoms with Crippen LogP contribution in [0, 0.1) is 0 Å². The van der Waals surface area contributed by atoms with E-state index >= 15 is 0 Å². The molecule has 1 unspecified atom stereocenters. The van der Waals surface area contributed by atoms with Crippen molar-refractivity contribution >= 4 is 0 Å². The van der Waals surface area contributed by atoms with Crippen molar-refractivity contribution in [1.82, 2.24) is 5.32 Å². The molecule has 0 aliphatic carbocycles. The fourth-order valence-electron chi connectivity index (χ4n) is 0.593. The minimum absolute atomic E-state index is 0.0869. The van der Waals surface area contributed by atoms with E-state index in [2.05, 4.69) is 5.32 Å². The van der Waals surface area contributed by atoms with Crippen LogP contribution in [0.1, 0.15) is 33.6 Å². The van der Waals surface area contributed by atoms with Crippen LogP contribution in [0.5, 0.6) is 0 Å². The highest BCUT2D eigenvalue weighted by Crippen LogP contribution is 2.16. The fourth-order valence-corrected chi connectivity index (χ4v) is 0.593. The lowest BCUT2D eigenvalue weighted by atomic mass is 10.2. The maximum atomic E-state index is 12.6. The number of rotatable bonds is 5. The molecule has 0 bridgehead atoms. The zero-order valence-corrected chi connectivity index (χ0v) is 7.45. The Hall–Kier alpha value is -0.180. The van der Waals surface area contributed by atoms with Gasteiger partial charge in [0.2, 0.25) is 0 Å². The summed E-state index contributed by atoms with van der Waals surface area (Å²) in [5.41, 5.74) is 0. The Morgan fingerprint density at radius 1 is 1.36 bits per heavy atom. The molecule has 1 nitrogen and oxygen atoms in total. The molecule has 0 radical (unpaired) electrons. The van der Waals surface area contributed by atoms with Gasteiger partial charge in [-0.3, -0.25) is 0 Å². The number of alkyl halides is 2. The van der Waals surface area contributed by atoms with Gasteiger partial charge in [0.15, 0.2) is 0 Å². The van der Waals surface area contributed by atoms with Crippen LogP contribution < -0.4 is 5.32 Å². The van der Waals surface area contributed by atoms with E-state index < -0.39 is 5.92 Å². The lowest BCUT2D eigenvalue weighted by Gasteiger charge is -2.17. The Morgan fingerprint density at radius 2 is 1.91 bits per heavy atom. The van der Waals surface area contributed by atoms with Gasteiger partial charge in [-0.2, -0.15) is 0 Å². The molecule has 11 heavy (non-hydrogen) atoms. The van der Waals surface area contributed by atoms with Crippen LogP contribution in [0.25, 0.3) is 0 Å². The Labute approximate surface area is 67.2 Å². The average molecular weight is 165 g/mol. The second-order valence-electron chi connectivity index (χ2n) is 2.90. The van der Waals surface area contributed by atoms with Crippen molar-refractivity contribution in [3.05, 3.63) is 0 Å². The Kier molecular flexibility index (Phi) is 4.57. The molecule has 0 saturated carbocycles. The first-order chi connectivity index (χ1) is 5.02. The molecule has 0 fully saturated rings. The van der Waals surface area contributed by atoms with E-state index in [1.807, 2.05) is 13.8 Å². The maximum Gasteiger partial charge on any atom is 0.260 e. The van der Waals surface area contributed by atoms with Crippen LogP contribution in [0.2, 0.25) is 0 Å². The third-order valence-electron chi connectivity index (χ3n) is 1.84. The number of halogens is 2. The lowest BCUT2D eigenvalue weighted by molar-refractivity contribution is -0.00371. The van der Waals surface area contributed by atoms with Gasteiger partial charge in [0.1, 0.15) is 0 Å². The molecular weight excluding hydrogens is 148 g/mol. The number of hydrogen-bond acceptors (Lipinski definition) is 1. The van der Waals surface area contributed by atoms with E-state index in [1.165, 1.54) is 6.92 Å². The molecule has 0 aromatic heterocycles. The van der Waals surface area contributed by atoms with Gasteiger partial charge in [0.05, 0.1) is 6.54 Å². The summed E-state index contributed by atoms with van der Waals surface area (Å²) in [7, 11) is 0. The summed E-state index contributed by atoms with van der Waals surface area (Å²) in [4.78, 5) is 0. The quantitative estimate of drug-likeness (QED) is 0.659. The first-order valence-electron chi connectivity index (χ1n) is 4.13. The fraction of sp³-hybridized carbons (Fsp3) is 1.00. The van der Waals surface area contributed by atoms with Crippen molar-refractivity contribution < 1.29 is 8.78 Å². The third-order valence-corrected chi connectivity index (χ3v) is 1.84. The van der Waals surface area contributed by atoms with Gasteiger partial charge >= 0.3 is 0 Å². The standard InChI is InChI=1S/C8H17F2N/c1-4-7(3)11-6-8(9,10)5-2/h7,11H,4-6H2,1-3H3. The summed E-state index contributed by atoms with van der Waals surface area (Å²) >= 11 is 0. The summed E-state index contributed by atoms with van der Waals surface area (Å²) in [6.07, 6.45) is 0.802. The summed E-state index contributed by atoms with van der Waals surface area (Å²) in [5.74, 6) is -2.54. The monoisotopic (exact) mass is 165 g/mol. The van der Waals surface area contributed by atoms with Crippen LogP contribution in [0.4, 0.5) is 8.78 Å².